The van der Waals surface area contributed by atoms with E-state index in [1.807, 2.05) is 6.92 Å². The fourth-order valence-corrected chi connectivity index (χ4v) is 2.21. The summed E-state index contributed by atoms with van der Waals surface area (Å²) in [7, 11) is 0. The summed E-state index contributed by atoms with van der Waals surface area (Å²) in [5.41, 5.74) is 1.28. The van der Waals surface area contributed by atoms with Gasteiger partial charge in [-0.3, -0.25) is 14.9 Å². The maximum atomic E-state index is 11.4. The third-order valence-corrected chi connectivity index (χ3v) is 3.37. The van der Waals surface area contributed by atoms with Gasteiger partial charge in [0.15, 0.2) is 11.9 Å². The standard InChI is InChI=1S/C14H17NO5/c1-4-19-14-11(16)7-13(14)20-12-6-8(2)10(15(17)18)5-9(12)3/h5-6,13-14H,4,7H2,1-3H3. The zero-order chi connectivity index (χ0) is 14.9. The van der Waals surface area contributed by atoms with Crippen LogP contribution in [0.1, 0.15) is 24.5 Å². The van der Waals surface area contributed by atoms with E-state index in [2.05, 4.69) is 0 Å². The van der Waals surface area contributed by atoms with Crippen LogP contribution < -0.4 is 4.74 Å². The Morgan fingerprint density at radius 3 is 2.60 bits per heavy atom. The number of rotatable bonds is 5. The molecule has 1 aromatic carbocycles. The maximum Gasteiger partial charge on any atom is 0.272 e. The van der Waals surface area contributed by atoms with E-state index in [4.69, 9.17) is 9.47 Å². The number of hydrogen-bond donors (Lipinski definition) is 0. The van der Waals surface area contributed by atoms with Gasteiger partial charge in [-0.2, -0.15) is 0 Å². The third kappa shape index (κ3) is 2.65. The van der Waals surface area contributed by atoms with Gasteiger partial charge in [0.2, 0.25) is 0 Å². The van der Waals surface area contributed by atoms with Crippen LogP contribution in [0.5, 0.6) is 5.75 Å². The van der Waals surface area contributed by atoms with Crippen LogP contribution in [0.2, 0.25) is 0 Å². The molecular weight excluding hydrogens is 262 g/mol. The molecule has 1 fully saturated rings. The maximum absolute atomic E-state index is 11.4. The summed E-state index contributed by atoms with van der Waals surface area (Å²) in [5, 5.41) is 10.9. The second-order valence-electron chi connectivity index (χ2n) is 4.86. The number of aryl methyl sites for hydroxylation is 2. The van der Waals surface area contributed by atoms with E-state index in [1.54, 1.807) is 19.9 Å². The highest BCUT2D eigenvalue weighted by molar-refractivity contribution is 5.90. The van der Waals surface area contributed by atoms with Crippen LogP contribution >= 0.6 is 0 Å². The van der Waals surface area contributed by atoms with Crippen molar-refractivity contribution >= 4 is 11.5 Å². The normalized spacial score (nSPS) is 21.4. The lowest BCUT2D eigenvalue weighted by Gasteiger charge is -2.34. The molecule has 0 aliphatic heterocycles. The summed E-state index contributed by atoms with van der Waals surface area (Å²) in [6.07, 6.45) is -0.503. The van der Waals surface area contributed by atoms with E-state index in [1.165, 1.54) is 6.07 Å². The Bertz CT molecular complexity index is 555. The lowest BCUT2D eigenvalue weighted by atomic mass is 9.89. The molecule has 2 atom stereocenters. The minimum atomic E-state index is -0.519. The van der Waals surface area contributed by atoms with Crippen molar-refractivity contribution in [3.8, 4) is 5.75 Å². The third-order valence-electron chi connectivity index (χ3n) is 3.37. The number of ketones is 1. The number of carbonyl (C=O) groups excluding carboxylic acids is 1. The molecule has 2 rings (SSSR count). The van der Waals surface area contributed by atoms with Gasteiger partial charge in [-0.1, -0.05) is 0 Å². The molecule has 0 spiro atoms. The van der Waals surface area contributed by atoms with E-state index in [9.17, 15) is 14.9 Å². The van der Waals surface area contributed by atoms with Crippen molar-refractivity contribution in [2.75, 3.05) is 6.61 Å². The molecule has 1 aromatic rings. The minimum absolute atomic E-state index is 0.0353. The Labute approximate surface area is 116 Å². The van der Waals surface area contributed by atoms with E-state index in [0.717, 1.165) is 0 Å². The van der Waals surface area contributed by atoms with Gasteiger partial charge in [0.25, 0.3) is 5.69 Å². The van der Waals surface area contributed by atoms with Gasteiger partial charge in [0.1, 0.15) is 11.9 Å². The van der Waals surface area contributed by atoms with E-state index >= 15 is 0 Å². The zero-order valence-electron chi connectivity index (χ0n) is 11.7. The molecule has 1 aliphatic carbocycles. The molecule has 0 heterocycles. The average molecular weight is 279 g/mol. The molecule has 1 aliphatic rings. The van der Waals surface area contributed by atoms with E-state index in [-0.39, 0.29) is 17.6 Å². The number of Topliss-reactive ketones (excluding diaryl/α,β-unsaturated/α-hetero) is 1. The van der Waals surface area contributed by atoms with Gasteiger partial charge in [-0.05, 0) is 32.4 Å². The number of benzene rings is 1. The molecule has 1 saturated carbocycles. The Morgan fingerprint density at radius 1 is 1.35 bits per heavy atom. The van der Waals surface area contributed by atoms with E-state index < -0.39 is 11.0 Å². The van der Waals surface area contributed by atoms with Crippen LogP contribution in [0.25, 0.3) is 0 Å². The number of nitro benzene ring substituents is 1. The van der Waals surface area contributed by atoms with Crippen LogP contribution in [0.3, 0.4) is 0 Å². The Morgan fingerprint density at radius 2 is 2.05 bits per heavy atom. The fourth-order valence-electron chi connectivity index (χ4n) is 2.21. The number of carbonyl (C=O) groups is 1. The molecule has 0 N–H and O–H groups in total. The lowest BCUT2D eigenvalue weighted by Crippen LogP contribution is -2.52. The first-order chi connectivity index (χ1) is 9.43. The topological polar surface area (TPSA) is 78.7 Å². The molecule has 6 heteroatoms. The van der Waals surface area contributed by atoms with Gasteiger partial charge < -0.3 is 9.47 Å². The molecule has 0 aromatic heterocycles. The summed E-state index contributed by atoms with van der Waals surface area (Å²) < 4.78 is 11.1. The van der Waals surface area contributed by atoms with Gasteiger partial charge in [0.05, 0.1) is 4.92 Å². The highest BCUT2D eigenvalue weighted by Crippen LogP contribution is 2.32. The molecule has 0 bridgehead atoms. The van der Waals surface area contributed by atoms with Gasteiger partial charge in [-0.25, -0.2) is 0 Å². The summed E-state index contributed by atoms with van der Waals surface area (Å²) in [6, 6.07) is 3.13. The number of ether oxygens (including phenoxy) is 2. The van der Waals surface area contributed by atoms with Crippen LogP contribution in [-0.4, -0.2) is 29.5 Å². The predicted molar refractivity (Wildman–Crippen MR) is 72.0 cm³/mol. The highest BCUT2D eigenvalue weighted by Gasteiger charge is 2.42. The fraction of sp³-hybridized carbons (Fsp3) is 0.500. The quantitative estimate of drug-likeness (QED) is 0.610. The van der Waals surface area contributed by atoms with Crippen molar-refractivity contribution in [1.29, 1.82) is 0 Å². The van der Waals surface area contributed by atoms with Crippen molar-refractivity contribution in [2.45, 2.75) is 39.4 Å². The minimum Gasteiger partial charge on any atom is -0.486 e. The van der Waals surface area contributed by atoms with E-state index in [0.29, 0.717) is 29.9 Å². The van der Waals surface area contributed by atoms with Crippen LogP contribution in [0.15, 0.2) is 12.1 Å². The summed E-state index contributed by atoms with van der Waals surface area (Å²) in [6.45, 7) is 5.69. The second kappa shape index (κ2) is 5.58. The summed E-state index contributed by atoms with van der Waals surface area (Å²) in [5.74, 6) is 0.600. The Kier molecular flexibility index (Phi) is 4.04. The number of hydrogen-bond acceptors (Lipinski definition) is 5. The zero-order valence-corrected chi connectivity index (χ0v) is 11.7. The molecular formula is C14H17NO5. The highest BCUT2D eigenvalue weighted by atomic mass is 16.6. The largest absolute Gasteiger partial charge is 0.486 e. The monoisotopic (exact) mass is 279 g/mol. The summed E-state index contributed by atoms with van der Waals surface area (Å²) >= 11 is 0. The number of nitrogens with zero attached hydrogens (tertiary/aromatic N) is 1. The molecule has 20 heavy (non-hydrogen) atoms. The molecule has 2 unspecified atom stereocenters. The average Bonchev–Trinajstić information content (AvgIpc) is 2.38. The van der Waals surface area contributed by atoms with Crippen molar-refractivity contribution in [1.82, 2.24) is 0 Å². The van der Waals surface area contributed by atoms with Crippen molar-refractivity contribution in [2.24, 2.45) is 0 Å². The lowest BCUT2D eigenvalue weighted by molar-refractivity contribution is -0.385. The first-order valence-corrected chi connectivity index (χ1v) is 6.50. The number of nitro groups is 1. The van der Waals surface area contributed by atoms with Crippen LogP contribution in [0.4, 0.5) is 5.69 Å². The first kappa shape index (κ1) is 14.5. The molecule has 6 nitrogen and oxygen atoms in total. The Balaban J connectivity index is 2.16. The SMILES string of the molecule is CCOC1C(=O)CC1Oc1cc(C)c([N+](=O)[O-])cc1C. The second-order valence-corrected chi connectivity index (χ2v) is 4.86. The van der Waals surface area contributed by atoms with Crippen molar-refractivity contribution < 1.29 is 19.2 Å². The van der Waals surface area contributed by atoms with Crippen molar-refractivity contribution in [3.05, 3.63) is 33.4 Å². The van der Waals surface area contributed by atoms with Crippen LogP contribution in [-0.2, 0) is 9.53 Å². The summed E-state index contributed by atoms with van der Waals surface area (Å²) in [4.78, 5) is 21.9. The molecule has 0 saturated heterocycles. The molecule has 0 amide bonds. The van der Waals surface area contributed by atoms with Gasteiger partial charge in [-0.15, -0.1) is 0 Å². The molecule has 108 valence electrons. The van der Waals surface area contributed by atoms with Crippen LogP contribution in [0, 0.1) is 24.0 Å². The van der Waals surface area contributed by atoms with Gasteiger partial charge >= 0.3 is 0 Å². The van der Waals surface area contributed by atoms with Crippen molar-refractivity contribution in [3.63, 3.8) is 0 Å². The smallest absolute Gasteiger partial charge is 0.272 e. The Hall–Kier alpha value is -1.95. The first-order valence-electron chi connectivity index (χ1n) is 6.50. The van der Waals surface area contributed by atoms with Gasteiger partial charge in [0, 0.05) is 24.7 Å². The predicted octanol–water partition coefficient (Wildman–Crippen LogP) is 2.34. The molecule has 0 radical (unpaired) electrons.